The molecule has 0 aliphatic rings. The Balaban J connectivity index is 2.22. The van der Waals surface area contributed by atoms with Crippen LogP contribution in [0.1, 0.15) is 60.5 Å². The highest BCUT2D eigenvalue weighted by atomic mass is 16.4. The van der Waals surface area contributed by atoms with Crippen LogP contribution in [0.15, 0.2) is 36.4 Å². The van der Waals surface area contributed by atoms with Gasteiger partial charge < -0.3 is 10.4 Å². The lowest BCUT2D eigenvalue weighted by Gasteiger charge is -2.15. The lowest BCUT2D eigenvalue weighted by molar-refractivity contribution is -0.139. The molecule has 0 spiro atoms. The van der Waals surface area contributed by atoms with Gasteiger partial charge in [-0.3, -0.25) is 9.48 Å². The predicted molar refractivity (Wildman–Crippen MR) is 90.9 cm³/mol. The van der Waals surface area contributed by atoms with E-state index in [2.05, 4.69) is 24.3 Å². The van der Waals surface area contributed by atoms with Gasteiger partial charge in [-0.15, -0.1) is 0 Å². The topological polar surface area (TPSA) is 84.2 Å². The highest BCUT2D eigenvalue weighted by Crippen LogP contribution is 2.19. The molecule has 0 bridgehead atoms. The van der Waals surface area contributed by atoms with Crippen LogP contribution in [0.5, 0.6) is 0 Å². The minimum absolute atomic E-state index is 0.232. The molecule has 1 amide bonds. The summed E-state index contributed by atoms with van der Waals surface area (Å²) in [6, 6.07) is 9.45. The van der Waals surface area contributed by atoms with Gasteiger partial charge in [0.1, 0.15) is 5.69 Å². The van der Waals surface area contributed by atoms with E-state index in [0.29, 0.717) is 5.56 Å². The average molecular weight is 329 g/mol. The molecule has 0 saturated carbocycles. The molecule has 1 atom stereocenters. The summed E-state index contributed by atoms with van der Waals surface area (Å²) in [7, 11) is 0. The maximum atomic E-state index is 12.4. The van der Waals surface area contributed by atoms with Crippen LogP contribution < -0.4 is 5.32 Å². The summed E-state index contributed by atoms with van der Waals surface area (Å²) < 4.78 is 1.84. The fourth-order valence-electron chi connectivity index (χ4n) is 2.74. The number of carboxylic acids is 1. The molecule has 0 unspecified atom stereocenters. The highest BCUT2D eigenvalue weighted by molar-refractivity contribution is 5.95. The van der Waals surface area contributed by atoms with E-state index in [0.717, 1.165) is 18.5 Å². The Bertz CT molecular complexity index is 706. The molecule has 2 rings (SSSR count). The Labute approximate surface area is 141 Å². The fraction of sp³-hybridized carbons (Fsp3) is 0.389. The molecule has 0 fully saturated rings. The van der Waals surface area contributed by atoms with Crippen molar-refractivity contribution in [1.29, 1.82) is 0 Å². The number of nitrogens with one attached hydrogen (secondary N) is 1. The van der Waals surface area contributed by atoms with Gasteiger partial charge in [-0.1, -0.05) is 44.2 Å². The molecule has 6 nitrogen and oxygen atoms in total. The van der Waals surface area contributed by atoms with E-state index in [4.69, 9.17) is 0 Å². The van der Waals surface area contributed by atoms with E-state index >= 15 is 0 Å². The molecule has 24 heavy (non-hydrogen) atoms. The van der Waals surface area contributed by atoms with Gasteiger partial charge in [0.2, 0.25) is 0 Å². The monoisotopic (exact) mass is 329 g/mol. The molecule has 0 aliphatic carbocycles. The van der Waals surface area contributed by atoms with Crippen molar-refractivity contribution in [2.24, 2.45) is 0 Å². The number of carbonyl (C=O) groups excluding carboxylic acids is 1. The molecule has 0 radical (unpaired) electrons. The number of hydrogen-bond donors (Lipinski definition) is 2. The Kier molecular flexibility index (Phi) is 5.73. The lowest BCUT2D eigenvalue weighted by atomic mass is 10.1. The van der Waals surface area contributed by atoms with E-state index < -0.39 is 17.9 Å². The first-order chi connectivity index (χ1) is 11.5. The molecule has 2 N–H and O–H groups in total. The number of hydrogen-bond acceptors (Lipinski definition) is 3. The summed E-state index contributed by atoms with van der Waals surface area (Å²) in [6.07, 6.45) is 1.84. The Morgan fingerprint density at radius 1 is 1.21 bits per heavy atom. The summed E-state index contributed by atoms with van der Waals surface area (Å²) in [5.41, 5.74) is 1.65. The van der Waals surface area contributed by atoms with Crippen LogP contribution >= 0.6 is 0 Å². The first-order valence-electron chi connectivity index (χ1n) is 8.12. The summed E-state index contributed by atoms with van der Waals surface area (Å²) in [5.74, 6) is -1.59. The quantitative estimate of drug-likeness (QED) is 0.817. The summed E-state index contributed by atoms with van der Waals surface area (Å²) in [4.78, 5) is 23.9. The molecule has 0 aliphatic heterocycles. The third-order valence-corrected chi connectivity index (χ3v) is 4.10. The molecule has 2 aromatic rings. The lowest BCUT2D eigenvalue weighted by Crippen LogP contribution is -2.34. The first kappa shape index (κ1) is 17.7. The van der Waals surface area contributed by atoms with Crippen LogP contribution in [0, 0.1) is 6.92 Å². The maximum absolute atomic E-state index is 12.4. The Hall–Kier alpha value is -2.63. The molecule has 1 aromatic carbocycles. The van der Waals surface area contributed by atoms with Gasteiger partial charge in [-0.2, -0.15) is 5.10 Å². The van der Waals surface area contributed by atoms with E-state index in [9.17, 15) is 14.7 Å². The molecule has 128 valence electrons. The van der Waals surface area contributed by atoms with E-state index in [1.54, 1.807) is 36.4 Å². The number of carbonyl (C=O) groups is 2. The largest absolute Gasteiger partial charge is 0.479 e. The van der Waals surface area contributed by atoms with Crippen molar-refractivity contribution in [2.75, 3.05) is 0 Å². The molecular weight excluding hydrogens is 306 g/mol. The number of aromatic nitrogens is 2. The zero-order chi connectivity index (χ0) is 17.7. The zero-order valence-electron chi connectivity index (χ0n) is 14.2. The van der Waals surface area contributed by atoms with Crippen molar-refractivity contribution < 1.29 is 14.7 Å². The summed E-state index contributed by atoms with van der Waals surface area (Å²) in [5, 5.41) is 16.3. The second kappa shape index (κ2) is 7.77. The highest BCUT2D eigenvalue weighted by Gasteiger charge is 2.24. The smallest absolute Gasteiger partial charge is 0.330 e. The Morgan fingerprint density at radius 2 is 1.83 bits per heavy atom. The predicted octanol–water partition coefficient (Wildman–Crippen LogP) is 3.11. The van der Waals surface area contributed by atoms with Crippen LogP contribution in [0.4, 0.5) is 0 Å². The van der Waals surface area contributed by atoms with Crippen molar-refractivity contribution in [1.82, 2.24) is 15.1 Å². The first-order valence-corrected chi connectivity index (χ1v) is 8.12. The van der Waals surface area contributed by atoms with Crippen LogP contribution in [0.3, 0.4) is 0 Å². The Morgan fingerprint density at radius 3 is 2.38 bits per heavy atom. The number of amides is 1. The van der Waals surface area contributed by atoms with Crippen molar-refractivity contribution in [3.05, 3.63) is 53.3 Å². The fourth-order valence-corrected chi connectivity index (χ4v) is 2.74. The van der Waals surface area contributed by atoms with Gasteiger partial charge in [-0.25, -0.2) is 4.79 Å². The molecule has 0 saturated heterocycles. The molecule has 1 heterocycles. The second-order valence-electron chi connectivity index (χ2n) is 5.74. The normalized spacial score (nSPS) is 12.2. The van der Waals surface area contributed by atoms with Crippen LogP contribution in [0.25, 0.3) is 0 Å². The van der Waals surface area contributed by atoms with Crippen molar-refractivity contribution in [2.45, 2.75) is 45.7 Å². The summed E-state index contributed by atoms with van der Waals surface area (Å²) in [6.45, 7) is 6.05. The van der Waals surface area contributed by atoms with Crippen molar-refractivity contribution in [3.63, 3.8) is 0 Å². The number of aliphatic carboxylic acids is 1. The van der Waals surface area contributed by atoms with Gasteiger partial charge in [0.05, 0.1) is 6.04 Å². The van der Waals surface area contributed by atoms with E-state index in [-0.39, 0.29) is 11.7 Å². The third kappa shape index (κ3) is 3.82. The van der Waals surface area contributed by atoms with Crippen molar-refractivity contribution >= 4 is 11.9 Å². The number of benzene rings is 1. The summed E-state index contributed by atoms with van der Waals surface area (Å²) >= 11 is 0. The van der Waals surface area contributed by atoms with Crippen LogP contribution in [-0.2, 0) is 4.79 Å². The average Bonchev–Trinajstić information content (AvgIpc) is 2.96. The van der Waals surface area contributed by atoms with Gasteiger partial charge in [0, 0.05) is 5.69 Å². The van der Waals surface area contributed by atoms with E-state index in [1.165, 1.54) is 0 Å². The number of carboxylic acid groups (broad SMARTS) is 1. The van der Waals surface area contributed by atoms with Gasteiger partial charge >= 0.3 is 5.97 Å². The number of aryl methyl sites for hydroxylation is 1. The van der Waals surface area contributed by atoms with Gasteiger partial charge in [-0.05, 0) is 31.4 Å². The minimum Gasteiger partial charge on any atom is -0.479 e. The van der Waals surface area contributed by atoms with E-state index in [1.807, 2.05) is 11.6 Å². The van der Waals surface area contributed by atoms with Gasteiger partial charge in [0.15, 0.2) is 6.04 Å². The molecular formula is C18H23N3O3. The second-order valence-corrected chi connectivity index (χ2v) is 5.74. The molecule has 6 heteroatoms. The standard InChI is InChI=1S/C18H23N3O3/c1-4-14(5-2)21-12(3)11-15(20-21)17(22)19-16(18(23)24)13-9-7-6-8-10-13/h6-11,14,16H,4-5H2,1-3H3,(H,19,22)(H,23,24)/t16-/m0/s1. The van der Waals surface area contributed by atoms with Crippen LogP contribution in [-0.4, -0.2) is 26.8 Å². The maximum Gasteiger partial charge on any atom is 0.330 e. The van der Waals surface area contributed by atoms with Crippen LogP contribution in [0.2, 0.25) is 0 Å². The SMILES string of the molecule is CCC(CC)n1nc(C(=O)N[C@H](C(=O)O)c2ccccc2)cc1C. The zero-order valence-corrected chi connectivity index (χ0v) is 14.2. The van der Waals surface area contributed by atoms with Gasteiger partial charge in [0.25, 0.3) is 5.91 Å². The third-order valence-electron chi connectivity index (χ3n) is 4.10. The number of rotatable bonds is 7. The minimum atomic E-state index is -1.11. The van der Waals surface area contributed by atoms with Crippen molar-refractivity contribution in [3.8, 4) is 0 Å². The molecule has 1 aromatic heterocycles. The number of nitrogens with zero attached hydrogens (tertiary/aromatic N) is 2.